The number of hydrogen-bond donors (Lipinski definition) is 0. The molecular weight excluding hydrogens is 591 g/mol. The molecule has 0 N–H and O–H groups in total. The Morgan fingerprint density at radius 2 is 1.82 bits per heavy atom. The minimum Gasteiger partial charge on any atom is -0.458 e. The molecule has 2 bridgehead atoms. The van der Waals surface area contributed by atoms with E-state index < -0.39 is 17.7 Å². The van der Waals surface area contributed by atoms with Crippen LogP contribution in [0.2, 0.25) is 5.02 Å². The molecule has 6 rings (SSSR count). The molecule has 3 aromatic heterocycles. The van der Waals surface area contributed by atoms with Crippen molar-refractivity contribution in [1.82, 2.24) is 24.8 Å². The highest BCUT2D eigenvalue weighted by Gasteiger charge is 2.45. The number of carbonyl (C=O) groups is 1. The molecule has 44 heavy (non-hydrogen) atoms. The van der Waals surface area contributed by atoms with Gasteiger partial charge in [-0.2, -0.15) is 9.97 Å². The van der Waals surface area contributed by atoms with Crippen LogP contribution in [0.25, 0.3) is 32.9 Å². The topological polar surface area (TPSA) is 112 Å². The molecule has 1 amide bonds. The number of hydrogen-bond acceptors (Lipinski definition) is 10. The molecule has 13 heteroatoms. The van der Waals surface area contributed by atoms with Gasteiger partial charge in [-0.15, -0.1) is 0 Å². The van der Waals surface area contributed by atoms with Gasteiger partial charge < -0.3 is 23.8 Å². The van der Waals surface area contributed by atoms with E-state index in [1.807, 2.05) is 42.7 Å². The van der Waals surface area contributed by atoms with Crippen LogP contribution in [0.4, 0.5) is 15.0 Å². The fourth-order valence-corrected chi connectivity index (χ4v) is 6.23. The van der Waals surface area contributed by atoms with E-state index >= 15 is 4.39 Å². The third-order valence-corrected chi connectivity index (χ3v) is 8.21. The Kier molecular flexibility index (Phi) is 8.16. The number of pyridine rings is 2. The van der Waals surface area contributed by atoms with E-state index in [4.69, 9.17) is 35.5 Å². The Balaban J connectivity index is 1.43. The highest BCUT2D eigenvalue weighted by molar-refractivity contribution is 6.36. The minimum absolute atomic E-state index is 0.0158. The van der Waals surface area contributed by atoms with Crippen molar-refractivity contribution < 1.29 is 28.1 Å². The van der Waals surface area contributed by atoms with Crippen LogP contribution in [0.15, 0.2) is 36.8 Å². The van der Waals surface area contributed by atoms with Crippen molar-refractivity contribution in [3.63, 3.8) is 0 Å². The maximum Gasteiger partial charge on any atom is 0.410 e. The van der Waals surface area contributed by atoms with E-state index in [0.717, 1.165) is 18.2 Å². The Morgan fingerprint density at radius 1 is 1.09 bits per heavy atom. The van der Waals surface area contributed by atoms with Gasteiger partial charge in [0.2, 0.25) is 0 Å². The van der Waals surface area contributed by atoms with Crippen LogP contribution >= 0.6 is 11.6 Å². The summed E-state index contributed by atoms with van der Waals surface area (Å²) in [5.41, 5.74) is -0.0680. The van der Waals surface area contributed by atoms with Crippen LogP contribution in [-0.4, -0.2) is 88.8 Å². The second-order valence-electron chi connectivity index (χ2n) is 11.9. The van der Waals surface area contributed by atoms with Gasteiger partial charge >= 0.3 is 12.1 Å². The number of fused-ring (bicyclic) bond motifs is 4. The third-order valence-electron chi connectivity index (χ3n) is 7.89. The van der Waals surface area contributed by atoms with E-state index in [0.29, 0.717) is 40.3 Å². The number of benzene rings is 1. The Labute approximate surface area is 259 Å². The van der Waals surface area contributed by atoms with Crippen LogP contribution in [0.1, 0.15) is 33.6 Å². The van der Waals surface area contributed by atoms with Gasteiger partial charge in [-0.3, -0.25) is 14.9 Å². The molecular formula is C31H34ClFN6O5. The number of nitrogens with zero attached hydrogens (tertiary/aromatic N) is 6. The number of rotatable bonds is 7. The van der Waals surface area contributed by atoms with Crippen molar-refractivity contribution in [2.24, 2.45) is 0 Å². The number of piperazine rings is 1. The summed E-state index contributed by atoms with van der Waals surface area (Å²) in [6.07, 6.45) is 5.42. The smallest absolute Gasteiger partial charge is 0.410 e. The molecule has 0 radical (unpaired) electrons. The van der Waals surface area contributed by atoms with Crippen molar-refractivity contribution in [3.8, 4) is 17.3 Å². The molecule has 4 aromatic rings. The first-order valence-corrected chi connectivity index (χ1v) is 14.8. The first kappa shape index (κ1) is 30.2. The van der Waals surface area contributed by atoms with Crippen molar-refractivity contribution >= 4 is 45.2 Å². The molecule has 2 atom stereocenters. The molecule has 5 heterocycles. The van der Waals surface area contributed by atoms with Gasteiger partial charge in [-0.05, 0) is 39.7 Å². The van der Waals surface area contributed by atoms with Crippen LogP contribution in [0.3, 0.4) is 0 Å². The molecule has 2 saturated heterocycles. The molecule has 0 aliphatic carbocycles. The zero-order valence-corrected chi connectivity index (χ0v) is 26.0. The van der Waals surface area contributed by atoms with Gasteiger partial charge in [-0.1, -0.05) is 23.7 Å². The Bertz CT molecular complexity index is 1700. The molecule has 11 nitrogen and oxygen atoms in total. The van der Waals surface area contributed by atoms with Crippen molar-refractivity contribution in [2.75, 3.05) is 38.8 Å². The first-order valence-electron chi connectivity index (χ1n) is 14.4. The average molecular weight is 625 g/mol. The second kappa shape index (κ2) is 11.9. The van der Waals surface area contributed by atoms with Crippen LogP contribution in [-0.2, 0) is 14.2 Å². The summed E-state index contributed by atoms with van der Waals surface area (Å²) in [6, 6.07) is 5.18. The maximum atomic E-state index is 16.5. The lowest BCUT2D eigenvalue weighted by Crippen LogP contribution is -2.57. The lowest BCUT2D eigenvalue weighted by atomic mass is 10.0. The highest BCUT2D eigenvalue weighted by Crippen LogP contribution is 2.39. The summed E-state index contributed by atoms with van der Waals surface area (Å²) in [4.78, 5) is 35.0. The van der Waals surface area contributed by atoms with E-state index in [1.54, 1.807) is 24.7 Å². The van der Waals surface area contributed by atoms with Gasteiger partial charge in [0.1, 0.15) is 29.2 Å². The minimum atomic E-state index is -0.673. The number of ether oxygens (including phenoxy) is 4. The van der Waals surface area contributed by atoms with E-state index in [9.17, 15) is 4.79 Å². The Hall–Kier alpha value is -3.87. The number of methoxy groups -OCH3 is 2. The zero-order valence-electron chi connectivity index (χ0n) is 25.2. The molecule has 2 fully saturated rings. The number of amides is 1. The number of aromatic nitrogens is 4. The summed E-state index contributed by atoms with van der Waals surface area (Å²) >= 11 is 6.54. The predicted molar refractivity (Wildman–Crippen MR) is 163 cm³/mol. The quantitative estimate of drug-likeness (QED) is 0.240. The Morgan fingerprint density at radius 3 is 2.50 bits per heavy atom. The van der Waals surface area contributed by atoms with Gasteiger partial charge in [-0.25, -0.2) is 9.18 Å². The van der Waals surface area contributed by atoms with Gasteiger partial charge in [0.25, 0.3) is 0 Å². The standard InChI is InChI=1S/C31H34ClFN6O5/c1-31(2,3)44-30(40)39-18-9-10-19(39)15-38(14-18)28-21-13-35-26(20-12-34-11-17-7-6-8-22(32)24(17)20)25(33)27(21)36-29(37-28)43-16-23(41-4)42-5/h6-8,11-13,18-19,23H,9-10,14-16H2,1-5H3. The molecule has 2 aliphatic heterocycles. The summed E-state index contributed by atoms with van der Waals surface area (Å²) in [7, 11) is 2.98. The van der Waals surface area contributed by atoms with Crippen LogP contribution in [0, 0.1) is 5.82 Å². The van der Waals surface area contributed by atoms with Crippen molar-refractivity contribution in [3.05, 3.63) is 47.6 Å². The van der Waals surface area contributed by atoms with E-state index in [2.05, 4.69) is 15.0 Å². The lowest BCUT2D eigenvalue weighted by molar-refractivity contribution is -0.123. The highest BCUT2D eigenvalue weighted by atomic mass is 35.5. The number of carbonyl (C=O) groups excluding carboxylic acids is 1. The fourth-order valence-electron chi connectivity index (χ4n) is 5.95. The second-order valence-corrected chi connectivity index (χ2v) is 12.3. The maximum absolute atomic E-state index is 16.5. The van der Waals surface area contributed by atoms with Gasteiger partial charge in [0, 0.05) is 67.3 Å². The molecule has 0 spiro atoms. The van der Waals surface area contributed by atoms with E-state index in [1.165, 1.54) is 14.2 Å². The molecule has 232 valence electrons. The van der Waals surface area contributed by atoms with E-state index in [-0.39, 0.29) is 42.0 Å². The molecule has 2 unspecified atom stereocenters. The summed E-state index contributed by atoms with van der Waals surface area (Å²) in [5, 5.41) is 2.26. The monoisotopic (exact) mass is 624 g/mol. The van der Waals surface area contributed by atoms with Crippen molar-refractivity contribution in [1.29, 1.82) is 0 Å². The van der Waals surface area contributed by atoms with Gasteiger partial charge in [0.05, 0.1) is 17.5 Å². The SMILES string of the molecule is COC(COc1nc(N2CC3CCC(C2)N3C(=O)OC(C)(C)C)c2cnc(-c3cncc4cccc(Cl)c34)c(F)c2n1)OC. The molecule has 0 saturated carbocycles. The van der Waals surface area contributed by atoms with Crippen molar-refractivity contribution in [2.45, 2.75) is 57.6 Å². The van der Waals surface area contributed by atoms with Gasteiger partial charge in [0.15, 0.2) is 12.1 Å². The van der Waals surface area contributed by atoms with Crippen LogP contribution in [0.5, 0.6) is 6.01 Å². The molecule has 1 aromatic carbocycles. The first-order chi connectivity index (χ1) is 21.1. The summed E-state index contributed by atoms with van der Waals surface area (Å²) in [5.74, 6) is -0.195. The zero-order chi connectivity index (χ0) is 31.2. The predicted octanol–water partition coefficient (Wildman–Crippen LogP) is 5.62. The third kappa shape index (κ3) is 5.69. The summed E-state index contributed by atoms with van der Waals surface area (Å²) < 4.78 is 38.6. The fraction of sp³-hybridized carbons (Fsp3) is 0.452. The molecule has 2 aliphatic rings. The van der Waals surface area contributed by atoms with Crippen LogP contribution < -0.4 is 9.64 Å². The average Bonchev–Trinajstić information content (AvgIpc) is 3.26. The number of anilines is 1. The summed E-state index contributed by atoms with van der Waals surface area (Å²) in [6.45, 7) is 6.50. The largest absolute Gasteiger partial charge is 0.458 e. The lowest BCUT2D eigenvalue weighted by Gasteiger charge is -2.42. The number of halogens is 2. The normalized spacial score (nSPS) is 18.5.